The lowest BCUT2D eigenvalue weighted by Crippen LogP contribution is -2.37. The Bertz CT molecular complexity index is 707. The minimum Gasteiger partial charge on any atom is -0.497 e. The highest BCUT2D eigenvalue weighted by atomic mass is 16.5. The summed E-state index contributed by atoms with van der Waals surface area (Å²) in [5.74, 6) is 1.32. The van der Waals surface area contributed by atoms with Gasteiger partial charge in [0.25, 0.3) is 5.91 Å². The van der Waals surface area contributed by atoms with Gasteiger partial charge < -0.3 is 9.47 Å². The van der Waals surface area contributed by atoms with Gasteiger partial charge in [0, 0.05) is 18.9 Å². The fourth-order valence-corrected chi connectivity index (χ4v) is 2.77. The highest BCUT2D eigenvalue weighted by molar-refractivity contribution is 6.03. The molecule has 1 aliphatic heterocycles. The molecule has 25 heavy (non-hydrogen) atoms. The summed E-state index contributed by atoms with van der Waals surface area (Å²) in [5.41, 5.74) is 0.937. The summed E-state index contributed by atoms with van der Waals surface area (Å²) in [7, 11) is 1.63. The fraction of sp³-hybridized carbons (Fsp3) is 0.300. The number of carbonyl (C=O) groups is 1. The third-order valence-electron chi connectivity index (χ3n) is 4.14. The lowest BCUT2D eigenvalue weighted by Gasteiger charge is -2.23. The summed E-state index contributed by atoms with van der Waals surface area (Å²) in [6.45, 7) is 1.28. The van der Waals surface area contributed by atoms with Crippen LogP contribution in [0.5, 0.6) is 5.75 Å². The smallest absolute Gasteiger partial charge is 0.252 e. The first-order valence-electron chi connectivity index (χ1n) is 8.42. The van der Waals surface area contributed by atoms with E-state index in [0.717, 1.165) is 30.8 Å². The van der Waals surface area contributed by atoms with Gasteiger partial charge in [0.2, 0.25) is 0 Å². The van der Waals surface area contributed by atoms with Gasteiger partial charge in [-0.1, -0.05) is 18.2 Å². The third kappa shape index (κ3) is 4.67. The van der Waals surface area contributed by atoms with E-state index in [1.807, 2.05) is 42.5 Å². The van der Waals surface area contributed by atoms with Crippen LogP contribution in [0.25, 0.3) is 6.08 Å². The molecule has 1 amide bonds. The van der Waals surface area contributed by atoms with Gasteiger partial charge in [-0.15, -0.1) is 0 Å². The van der Waals surface area contributed by atoms with Crippen LogP contribution in [0.4, 0.5) is 5.82 Å². The number of rotatable bonds is 6. The second kappa shape index (κ2) is 8.44. The van der Waals surface area contributed by atoms with Crippen LogP contribution in [0.15, 0.2) is 54.7 Å². The molecule has 0 bridgehead atoms. The van der Waals surface area contributed by atoms with Crippen molar-refractivity contribution < 1.29 is 14.3 Å². The van der Waals surface area contributed by atoms with Crippen molar-refractivity contribution in [1.82, 2.24) is 4.98 Å². The van der Waals surface area contributed by atoms with E-state index in [0.29, 0.717) is 12.4 Å². The van der Waals surface area contributed by atoms with Gasteiger partial charge in [0.05, 0.1) is 19.8 Å². The number of nitrogens with zero attached hydrogens (tertiary/aromatic N) is 2. The molecule has 0 radical (unpaired) electrons. The zero-order valence-electron chi connectivity index (χ0n) is 14.3. The molecule has 130 valence electrons. The van der Waals surface area contributed by atoms with E-state index >= 15 is 0 Å². The first-order chi connectivity index (χ1) is 12.3. The van der Waals surface area contributed by atoms with Crippen molar-refractivity contribution in [2.24, 2.45) is 0 Å². The van der Waals surface area contributed by atoms with Crippen molar-refractivity contribution in [2.45, 2.75) is 18.9 Å². The fourth-order valence-electron chi connectivity index (χ4n) is 2.77. The number of carbonyl (C=O) groups excluding carboxylic acids is 1. The molecular weight excluding hydrogens is 316 g/mol. The lowest BCUT2D eigenvalue weighted by molar-refractivity contribution is -0.114. The predicted molar refractivity (Wildman–Crippen MR) is 97.6 cm³/mol. The Morgan fingerprint density at radius 1 is 1.32 bits per heavy atom. The van der Waals surface area contributed by atoms with Crippen LogP contribution in [0.3, 0.4) is 0 Å². The van der Waals surface area contributed by atoms with Crippen molar-refractivity contribution in [1.29, 1.82) is 0 Å². The Morgan fingerprint density at radius 2 is 2.16 bits per heavy atom. The molecule has 3 rings (SSSR count). The van der Waals surface area contributed by atoms with Crippen LogP contribution in [-0.2, 0) is 9.53 Å². The van der Waals surface area contributed by atoms with Gasteiger partial charge in [-0.25, -0.2) is 4.98 Å². The van der Waals surface area contributed by atoms with Gasteiger partial charge in [0.15, 0.2) is 0 Å². The molecule has 2 heterocycles. The molecular formula is C20H22N2O3. The van der Waals surface area contributed by atoms with Crippen molar-refractivity contribution in [3.63, 3.8) is 0 Å². The van der Waals surface area contributed by atoms with Gasteiger partial charge in [-0.05, 0) is 48.7 Å². The average molecular weight is 338 g/mol. The zero-order chi connectivity index (χ0) is 17.5. The van der Waals surface area contributed by atoms with Crippen LogP contribution < -0.4 is 9.64 Å². The third-order valence-corrected chi connectivity index (χ3v) is 4.14. The zero-order valence-corrected chi connectivity index (χ0v) is 14.3. The van der Waals surface area contributed by atoms with Crippen molar-refractivity contribution in [3.05, 3.63) is 60.3 Å². The lowest BCUT2D eigenvalue weighted by atomic mass is 10.2. The van der Waals surface area contributed by atoms with Crippen LogP contribution in [0, 0.1) is 0 Å². The van der Waals surface area contributed by atoms with E-state index in [1.165, 1.54) is 0 Å². The molecule has 1 atom stereocenters. The van der Waals surface area contributed by atoms with Crippen LogP contribution in [0.2, 0.25) is 0 Å². The predicted octanol–water partition coefficient (Wildman–Crippen LogP) is 3.32. The highest BCUT2D eigenvalue weighted by Gasteiger charge is 2.23. The van der Waals surface area contributed by atoms with E-state index in [2.05, 4.69) is 4.98 Å². The second-order valence-electron chi connectivity index (χ2n) is 5.88. The van der Waals surface area contributed by atoms with Crippen molar-refractivity contribution in [2.75, 3.05) is 25.2 Å². The number of ether oxygens (including phenoxy) is 2. The number of methoxy groups -OCH3 is 1. The van der Waals surface area contributed by atoms with Gasteiger partial charge in [0.1, 0.15) is 11.6 Å². The number of benzene rings is 1. The molecule has 1 fully saturated rings. The van der Waals surface area contributed by atoms with E-state index < -0.39 is 0 Å². The number of aromatic nitrogens is 1. The summed E-state index contributed by atoms with van der Waals surface area (Å²) >= 11 is 0. The quantitative estimate of drug-likeness (QED) is 0.758. The number of hydrogen-bond donors (Lipinski definition) is 0. The first-order valence-corrected chi connectivity index (χ1v) is 8.42. The first kappa shape index (κ1) is 17.2. The van der Waals surface area contributed by atoms with Gasteiger partial charge >= 0.3 is 0 Å². The Labute approximate surface area is 147 Å². The largest absolute Gasteiger partial charge is 0.497 e. The number of pyridine rings is 1. The molecule has 0 spiro atoms. The second-order valence-corrected chi connectivity index (χ2v) is 5.88. The molecule has 5 nitrogen and oxygen atoms in total. The van der Waals surface area contributed by atoms with Crippen LogP contribution in [-0.4, -0.2) is 37.3 Å². The molecule has 1 aromatic carbocycles. The van der Waals surface area contributed by atoms with E-state index in [1.54, 1.807) is 30.4 Å². The maximum atomic E-state index is 12.7. The topological polar surface area (TPSA) is 51.7 Å². The maximum Gasteiger partial charge on any atom is 0.252 e. The SMILES string of the molecule is COc1ccc(/C=C/C(=O)N(CC2CCCO2)c2ccccn2)cc1. The minimum atomic E-state index is -0.106. The molecule has 1 unspecified atom stereocenters. The molecule has 0 aliphatic carbocycles. The summed E-state index contributed by atoms with van der Waals surface area (Å²) in [5, 5.41) is 0. The average Bonchev–Trinajstić information content (AvgIpc) is 3.18. The van der Waals surface area contributed by atoms with E-state index in [-0.39, 0.29) is 12.0 Å². The van der Waals surface area contributed by atoms with Crippen LogP contribution in [0.1, 0.15) is 18.4 Å². The molecule has 0 N–H and O–H groups in total. The van der Waals surface area contributed by atoms with Crippen LogP contribution >= 0.6 is 0 Å². The van der Waals surface area contributed by atoms with Crippen molar-refractivity contribution in [3.8, 4) is 5.75 Å². The Morgan fingerprint density at radius 3 is 2.80 bits per heavy atom. The maximum absolute atomic E-state index is 12.7. The van der Waals surface area contributed by atoms with Crippen molar-refractivity contribution >= 4 is 17.8 Å². The summed E-state index contributed by atoms with van der Waals surface area (Å²) < 4.78 is 10.8. The molecule has 0 saturated carbocycles. The summed E-state index contributed by atoms with van der Waals surface area (Å²) in [4.78, 5) is 18.7. The minimum absolute atomic E-state index is 0.0698. The normalized spacial score (nSPS) is 16.9. The van der Waals surface area contributed by atoms with E-state index in [4.69, 9.17) is 9.47 Å². The number of anilines is 1. The Kier molecular flexibility index (Phi) is 5.80. The highest BCUT2D eigenvalue weighted by Crippen LogP contribution is 2.18. The number of amides is 1. The standard InChI is InChI=1S/C20H22N2O3/c1-24-17-10-7-16(8-11-17)9-12-20(23)22(15-18-5-4-14-25-18)19-6-2-3-13-21-19/h2-3,6-13,18H,4-5,14-15H2,1H3/b12-9+. The molecule has 2 aromatic rings. The Hall–Kier alpha value is -2.66. The van der Waals surface area contributed by atoms with E-state index in [9.17, 15) is 4.79 Å². The molecule has 1 aliphatic rings. The molecule has 5 heteroatoms. The monoisotopic (exact) mass is 338 g/mol. The summed E-state index contributed by atoms with van der Waals surface area (Å²) in [6.07, 6.45) is 7.15. The summed E-state index contributed by atoms with van der Waals surface area (Å²) in [6, 6.07) is 13.1. The van der Waals surface area contributed by atoms with Gasteiger partial charge in [-0.3, -0.25) is 9.69 Å². The van der Waals surface area contributed by atoms with Gasteiger partial charge in [-0.2, -0.15) is 0 Å². The number of hydrogen-bond acceptors (Lipinski definition) is 4. The molecule has 1 aromatic heterocycles. The Balaban J connectivity index is 1.74. The molecule has 1 saturated heterocycles.